The normalized spacial score (nSPS) is 22.2. The zero-order valence-corrected chi connectivity index (χ0v) is 25.5. The van der Waals surface area contributed by atoms with Crippen LogP contribution in [0.5, 0.6) is 0 Å². The van der Waals surface area contributed by atoms with E-state index < -0.39 is 5.97 Å². The van der Waals surface area contributed by atoms with Crippen LogP contribution < -0.4 is 15.1 Å². The van der Waals surface area contributed by atoms with Crippen LogP contribution in [-0.2, 0) is 4.74 Å². The number of benzene rings is 2. The van der Waals surface area contributed by atoms with E-state index in [1.165, 1.54) is 13.5 Å². The highest BCUT2D eigenvalue weighted by atomic mass is 35.5. The number of halogens is 1. The number of nitrogens with zero attached hydrogens (tertiary/aromatic N) is 4. The monoisotopic (exact) mass is 599 g/mol. The van der Waals surface area contributed by atoms with E-state index >= 15 is 0 Å². The second-order valence-electron chi connectivity index (χ2n) is 11.3. The maximum Gasteiger partial charge on any atom is 0.339 e. The fourth-order valence-electron chi connectivity index (χ4n) is 6.52. The van der Waals surface area contributed by atoms with Gasteiger partial charge in [-0.3, -0.25) is 4.98 Å². The van der Waals surface area contributed by atoms with Gasteiger partial charge < -0.3 is 24.4 Å². The summed E-state index contributed by atoms with van der Waals surface area (Å²) in [5.41, 5.74) is 4.93. The molecule has 2 fully saturated rings. The van der Waals surface area contributed by atoms with Crippen molar-refractivity contribution in [2.75, 3.05) is 30.0 Å². The van der Waals surface area contributed by atoms with Crippen molar-refractivity contribution in [2.24, 2.45) is 11.8 Å². The first-order valence-electron chi connectivity index (χ1n) is 14.3. The first kappa shape index (κ1) is 28.2. The van der Waals surface area contributed by atoms with Crippen LogP contribution in [0.15, 0.2) is 85.2 Å². The highest BCUT2D eigenvalue weighted by Gasteiger charge is 2.42. The lowest BCUT2D eigenvalue weighted by Crippen LogP contribution is -2.38. The van der Waals surface area contributed by atoms with Gasteiger partial charge in [-0.25, -0.2) is 4.79 Å². The first-order valence-corrected chi connectivity index (χ1v) is 15.0. The lowest BCUT2D eigenvalue weighted by atomic mass is 9.91. The molecule has 2 aliphatic rings. The number of methoxy groups -OCH3 is 1. The number of aromatic nitrogens is 2. The van der Waals surface area contributed by atoms with Crippen LogP contribution in [0.25, 0.3) is 5.69 Å². The van der Waals surface area contributed by atoms with E-state index in [2.05, 4.69) is 52.1 Å². The summed E-state index contributed by atoms with van der Waals surface area (Å²) in [5.74, 6) is 0.834. The first-order chi connectivity index (χ1) is 20.4. The maximum absolute atomic E-state index is 12.7. The lowest BCUT2D eigenvalue weighted by molar-refractivity contribution is 0.0600. The Labute approximate surface area is 257 Å². The van der Waals surface area contributed by atoms with Crippen LogP contribution >= 0.6 is 23.8 Å². The van der Waals surface area contributed by atoms with Gasteiger partial charge in [0.05, 0.1) is 40.8 Å². The lowest BCUT2D eigenvalue weighted by Gasteiger charge is -2.37. The number of hydrogen-bond donors (Lipinski definition) is 1. The van der Waals surface area contributed by atoms with E-state index in [9.17, 15) is 4.79 Å². The van der Waals surface area contributed by atoms with E-state index in [0.29, 0.717) is 27.5 Å². The van der Waals surface area contributed by atoms with Crippen LogP contribution in [0.2, 0.25) is 5.02 Å². The minimum absolute atomic E-state index is 0.250. The van der Waals surface area contributed by atoms with Gasteiger partial charge in [0, 0.05) is 36.9 Å². The molecule has 0 bridgehead atoms. The van der Waals surface area contributed by atoms with Gasteiger partial charge in [-0.1, -0.05) is 43.6 Å². The molecule has 7 nitrogen and oxygen atoms in total. The zero-order valence-electron chi connectivity index (χ0n) is 23.9. The van der Waals surface area contributed by atoms with Crippen molar-refractivity contribution in [2.45, 2.75) is 32.4 Å². The number of para-hydroxylation sites is 1. The van der Waals surface area contributed by atoms with E-state index in [1.807, 2.05) is 59.3 Å². The highest BCUT2D eigenvalue weighted by Crippen LogP contribution is 2.44. The molecule has 0 amide bonds. The maximum atomic E-state index is 12.7. The van der Waals surface area contributed by atoms with Crippen LogP contribution in [0.4, 0.5) is 11.4 Å². The number of thiocarbonyl (C=S) groups is 1. The van der Waals surface area contributed by atoms with Crippen molar-refractivity contribution in [3.8, 4) is 5.69 Å². The number of esters is 1. The Morgan fingerprint density at radius 2 is 1.76 bits per heavy atom. The molecule has 0 radical (unpaired) electrons. The van der Waals surface area contributed by atoms with E-state index in [-0.39, 0.29) is 12.1 Å². The van der Waals surface area contributed by atoms with Crippen LogP contribution in [0, 0.1) is 11.8 Å². The average Bonchev–Trinajstić information content (AvgIpc) is 3.60. The van der Waals surface area contributed by atoms with Gasteiger partial charge >= 0.3 is 5.97 Å². The number of ether oxygens (including phenoxy) is 1. The third-order valence-electron chi connectivity index (χ3n) is 8.17. The van der Waals surface area contributed by atoms with Crippen molar-refractivity contribution in [1.82, 2.24) is 14.9 Å². The van der Waals surface area contributed by atoms with Gasteiger partial charge in [0.2, 0.25) is 0 Å². The van der Waals surface area contributed by atoms with E-state index in [0.717, 1.165) is 41.5 Å². The quantitative estimate of drug-likeness (QED) is 0.190. The number of carbonyl (C=O) groups is 1. The van der Waals surface area contributed by atoms with Crippen molar-refractivity contribution in [1.29, 1.82) is 0 Å². The molecular weight excluding hydrogens is 566 g/mol. The van der Waals surface area contributed by atoms with E-state index in [1.54, 1.807) is 12.3 Å². The minimum atomic E-state index is -0.396. The van der Waals surface area contributed by atoms with Crippen molar-refractivity contribution in [3.63, 3.8) is 0 Å². The number of nitrogens with one attached hydrogen (secondary N) is 1. The molecule has 0 saturated carbocycles. The summed E-state index contributed by atoms with van der Waals surface area (Å²) in [4.78, 5) is 21.9. The average molecular weight is 600 g/mol. The highest BCUT2D eigenvalue weighted by molar-refractivity contribution is 7.80. The second-order valence-corrected chi connectivity index (χ2v) is 12.1. The van der Waals surface area contributed by atoms with Gasteiger partial charge in [0.25, 0.3) is 0 Å². The van der Waals surface area contributed by atoms with Crippen molar-refractivity contribution >= 4 is 46.3 Å². The molecule has 216 valence electrons. The van der Waals surface area contributed by atoms with Crippen molar-refractivity contribution < 1.29 is 9.53 Å². The Kier molecular flexibility index (Phi) is 7.92. The third-order valence-corrected chi connectivity index (χ3v) is 8.79. The van der Waals surface area contributed by atoms with Gasteiger partial charge in [-0.2, -0.15) is 0 Å². The molecule has 0 aliphatic carbocycles. The van der Waals surface area contributed by atoms with Crippen LogP contribution in [0.1, 0.15) is 54.1 Å². The minimum Gasteiger partial charge on any atom is -0.465 e. The number of carbonyl (C=O) groups excluding carboxylic acids is 1. The zero-order chi connectivity index (χ0) is 29.4. The molecule has 2 saturated heterocycles. The molecule has 0 spiro atoms. The molecule has 6 rings (SSSR count). The Balaban J connectivity index is 1.45. The largest absolute Gasteiger partial charge is 0.465 e. The Morgan fingerprint density at radius 1 is 1.00 bits per heavy atom. The number of anilines is 2. The van der Waals surface area contributed by atoms with E-state index in [4.69, 9.17) is 28.6 Å². The number of pyridine rings is 1. The summed E-state index contributed by atoms with van der Waals surface area (Å²) in [7, 11) is 1.40. The molecule has 9 heteroatoms. The van der Waals surface area contributed by atoms with Crippen LogP contribution in [-0.4, -0.2) is 40.8 Å². The molecular formula is C33H34ClN5O2S. The summed E-state index contributed by atoms with van der Waals surface area (Å²) in [6.45, 7) is 6.58. The molecule has 2 aliphatic heterocycles. The fraction of sp³-hybridized carbons (Fsp3) is 0.303. The van der Waals surface area contributed by atoms with Gasteiger partial charge in [-0.05, 0) is 85.1 Å². The van der Waals surface area contributed by atoms with Gasteiger partial charge in [0.15, 0.2) is 5.11 Å². The number of rotatable bonds is 6. The summed E-state index contributed by atoms with van der Waals surface area (Å²) in [5, 5.41) is 4.80. The summed E-state index contributed by atoms with van der Waals surface area (Å²) >= 11 is 13.0. The Hall–Kier alpha value is -3.88. The standard InChI is InChI=1S/C33H34ClN5O2S/c1-21-17-22(2)20-37(19-21)28-14-13-23(18-25(28)34)39-31(30(36-33(39)42)26-10-6-7-15-35-26)29-12-8-16-38(29)27-11-5-4-9-24(27)32(40)41-3/h4-16,18,21-22,30-31H,17,19-20H2,1-3H3,(H,36,42)/t21-,22+,30-,31+/m1/s1. The summed E-state index contributed by atoms with van der Waals surface area (Å²) in [6, 6.07) is 23.1. The Bertz CT molecular complexity index is 1600. The molecule has 2 aromatic heterocycles. The predicted molar refractivity (Wildman–Crippen MR) is 172 cm³/mol. The molecule has 4 heterocycles. The molecule has 42 heavy (non-hydrogen) atoms. The van der Waals surface area contributed by atoms with Gasteiger partial charge in [0.1, 0.15) is 6.04 Å². The number of piperidine rings is 1. The summed E-state index contributed by atoms with van der Waals surface area (Å²) < 4.78 is 7.13. The topological polar surface area (TPSA) is 62.6 Å². The molecule has 2 aromatic carbocycles. The molecule has 4 aromatic rings. The SMILES string of the molecule is COC(=O)c1ccccc1-n1cccc1[C@H]1[C@@H](c2ccccn2)NC(=S)N1c1ccc(N2C[C@H](C)C[C@H](C)C2)c(Cl)c1. The fourth-order valence-corrected chi connectivity index (χ4v) is 7.16. The van der Waals surface area contributed by atoms with Crippen LogP contribution in [0.3, 0.4) is 0 Å². The van der Waals surface area contributed by atoms with Crippen molar-refractivity contribution in [3.05, 3.63) is 107 Å². The predicted octanol–water partition coefficient (Wildman–Crippen LogP) is 6.97. The molecule has 1 N–H and O–H groups in total. The van der Waals surface area contributed by atoms with Gasteiger partial charge in [-0.15, -0.1) is 0 Å². The summed E-state index contributed by atoms with van der Waals surface area (Å²) in [6.07, 6.45) is 4.98. The third kappa shape index (κ3) is 5.25. The smallest absolute Gasteiger partial charge is 0.339 e. The Morgan fingerprint density at radius 3 is 2.48 bits per heavy atom. The number of hydrogen-bond acceptors (Lipinski definition) is 5. The molecule has 0 unspecified atom stereocenters. The molecule has 4 atom stereocenters. The second kappa shape index (κ2) is 11.8.